The molecule has 1 rings (SSSR count). The Bertz CT molecular complexity index is 179. The fraction of sp³-hybridized carbons (Fsp3) is 0.909. The molecule has 0 aliphatic carbocycles. The molecule has 0 aromatic carbocycles. The van der Waals surface area contributed by atoms with E-state index in [9.17, 15) is 4.79 Å². The smallest absolute Gasteiger partial charge is 0.407 e. The molecule has 0 bridgehead atoms. The highest BCUT2D eigenvalue weighted by Crippen LogP contribution is 2.07. The van der Waals surface area contributed by atoms with E-state index in [2.05, 4.69) is 10.2 Å². The molecule has 1 heterocycles. The van der Waals surface area contributed by atoms with Crippen LogP contribution < -0.4 is 5.32 Å². The van der Waals surface area contributed by atoms with E-state index in [-0.39, 0.29) is 6.09 Å². The maximum absolute atomic E-state index is 10.9. The molecule has 0 aromatic rings. The molecule has 1 N–H and O–H groups in total. The number of hydrogen-bond acceptors (Lipinski definition) is 3. The number of likely N-dealkylation sites (tertiary alicyclic amines) is 1. The minimum atomic E-state index is -0.293. The third-order valence-electron chi connectivity index (χ3n) is 2.64. The number of hydrogen-bond donors (Lipinski definition) is 1. The van der Waals surface area contributed by atoms with Crippen LogP contribution in [0.3, 0.4) is 0 Å². The van der Waals surface area contributed by atoms with E-state index in [0.717, 1.165) is 19.4 Å². The van der Waals surface area contributed by atoms with E-state index in [1.165, 1.54) is 32.5 Å². The Hall–Kier alpha value is -0.770. The SMILES string of the molecule is CCOC(=O)NCCCCN1CCCC1. The first kappa shape index (κ1) is 12.3. The normalized spacial score (nSPS) is 16.6. The third kappa shape index (κ3) is 5.62. The summed E-state index contributed by atoms with van der Waals surface area (Å²) in [4.78, 5) is 13.4. The average molecular weight is 214 g/mol. The van der Waals surface area contributed by atoms with Crippen LogP contribution in [0.15, 0.2) is 0 Å². The van der Waals surface area contributed by atoms with Crippen molar-refractivity contribution in [1.82, 2.24) is 10.2 Å². The lowest BCUT2D eigenvalue weighted by molar-refractivity contribution is 0.152. The Labute approximate surface area is 92.0 Å². The lowest BCUT2D eigenvalue weighted by Gasteiger charge is -2.13. The topological polar surface area (TPSA) is 41.6 Å². The molecule has 1 aliphatic rings. The summed E-state index contributed by atoms with van der Waals surface area (Å²) in [5.41, 5.74) is 0. The summed E-state index contributed by atoms with van der Waals surface area (Å²) in [6.07, 6.45) is 4.60. The van der Waals surface area contributed by atoms with Gasteiger partial charge in [0.05, 0.1) is 6.61 Å². The number of ether oxygens (including phenoxy) is 1. The average Bonchev–Trinajstić information content (AvgIpc) is 2.70. The molecule has 88 valence electrons. The van der Waals surface area contributed by atoms with Gasteiger partial charge in [-0.25, -0.2) is 4.79 Å². The number of nitrogens with one attached hydrogen (secondary N) is 1. The van der Waals surface area contributed by atoms with Crippen LogP contribution in [-0.2, 0) is 4.74 Å². The third-order valence-corrected chi connectivity index (χ3v) is 2.64. The monoisotopic (exact) mass is 214 g/mol. The van der Waals surface area contributed by atoms with Gasteiger partial charge in [-0.1, -0.05) is 0 Å². The van der Waals surface area contributed by atoms with Crippen LogP contribution in [0.2, 0.25) is 0 Å². The van der Waals surface area contributed by atoms with Crippen LogP contribution in [-0.4, -0.2) is 43.8 Å². The minimum absolute atomic E-state index is 0.293. The predicted octanol–water partition coefficient (Wildman–Crippen LogP) is 1.61. The molecule has 0 saturated carbocycles. The Balaban J connectivity index is 1.86. The van der Waals surface area contributed by atoms with Crippen LogP contribution in [0.5, 0.6) is 0 Å². The number of amides is 1. The van der Waals surface area contributed by atoms with E-state index >= 15 is 0 Å². The number of unbranched alkanes of at least 4 members (excludes halogenated alkanes) is 1. The second-order valence-corrected chi connectivity index (χ2v) is 3.90. The summed E-state index contributed by atoms with van der Waals surface area (Å²) in [5, 5.41) is 2.73. The van der Waals surface area contributed by atoms with Gasteiger partial charge >= 0.3 is 6.09 Å². The van der Waals surface area contributed by atoms with Gasteiger partial charge < -0.3 is 15.0 Å². The molecule has 0 atom stereocenters. The van der Waals surface area contributed by atoms with Crippen molar-refractivity contribution < 1.29 is 9.53 Å². The molecule has 1 fully saturated rings. The molecule has 1 amide bonds. The van der Waals surface area contributed by atoms with E-state index in [1.807, 2.05) is 6.92 Å². The van der Waals surface area contributed by atoms with Crippen molar-refractivity contribution in [1.29, 1.82) is 0 Å². The van der Waals surface area contributed by atoms with E-state index in [4.69, 9.17) is 4.74 Å². The van der Waals surface area contributed by atoms with Gasteiger partial charge in [0, 0.05) is 6.54 Å². The molecule has 1 aliphatic heterocycles. The quantitative estimate of drug-likeness (QED) is 0.683. The van der Waals surface area contributed by atoms with Gasteiger partial charge in [0.2, 0.25) is 0 Å². The van der Waals surface area contributed by atoms with Crippen LogP contribution in [0, 0.1) is 0 Å². The predicted molar refractivity (Wildman–Crippen MR) is 59.9 cm³/mol. The number of carbonyl (C=O) groups excluding carboxylic acids is 1. The highest BCUT2D eigenvalue weighted by atomic mass is 16.5. The highest BCUT2D eigenvalue weighted by Gasteiger charge is 2.10. The Morgan fingerprint density at radius 2 is 2.07 bits per heavy atom. The van der Waals surface area contributed by atoms with Crippen molar-refractivity contribution in [2.24, 2.45) is 0 Å². The van der Waals surface area contributed by atoms with E-state index < -0.39 is 0 Å². The summed E-state index contributed by atoms with van der Waals surface area (Å²) in [7, 11) is 0. The van der Waals surface area contributed by atoms with Crippen molar-refractivity contribution in [3.8, 4) is 0 Å². The Morgan fingerprint density at radius 3 is 2.73 bits per heavy atom. The minimum Gasteiger partial charge on any atom is -0.450 e. The molecular weight excluding hydrogens is 192 g/mol. The van der Waals surface area contributed by atoms with Gasteiger partial charge in [0.15, 0.2) is 0 Å². The molecule has 0 aromatic heterocycles. The maximum atomic E-state index is 10.9. The van der Waals surface area contributed by atoms with Crippen LogP contribution >= 0.6 is 0 Å². The van der Waals surface area contributed by atoms with Crippen molar-refractivity contribution in [2.45, 2.75) is 32.6 Å². The fourth-order valence-corrected chi connectivity index (χ4v) is 1.84. The number of rotatable bonds is 6. The summed E-state index contributed by atoms with van der Waals surface area (Å²) >= 11 is 0. The van der Waals surface area contributed by atoms with Gasteiger partial charge in [-0.3, -0.25) is 0 Å². The van der Waals surface area contributed by atoms with Crippen LogP contribution in [0.4, 0.5) is 4.79 Å². The summed E-state index contributed by atoms with van der Waals surface area (Å²) in [6, 6.07) is 0. The van der Waals surface area contributed by atoms with Gasteiger partial charge in [0.1, 0.15) is 0 Å². The molecule has 0 spiro atoms. The second-order valence-electron chi connectivity index (χ2n) is 3.90. The summed E-state index contributed by atoms with van der Waals surface area (Å²) < 4.78 is 4.76. The van der Waals surface area contributed by atoms with Crippen molar-refractivity contribution >= 4 is 6.09 Å². The largest absolute Gasteiger partial charge is 0.450 e. The van der Waals surface area contributed by atoms with Gasteiger partial charge in [-0.15, -0.1) is 0 Å². The van der Waals surface area contributed by atoms with Crippen molar-refractivity contribution in [3.63, 3.8) is 0 Å². The standard InChI is InChI=1S/C11H22N2O2/c1-2-15-11(14)12-7-3-4-8-13-9-5-6-10-13/h2-10H2,1H3,(H,12,14). The first-order valence-electron chi connectivity index (χ1n) is 5.96. The van der Waals surface area contributed by atoms with E-state index in [1.54, 1.807) is 0 Å². The van der Waals surface area contributed by atoms with Crippen LogP contribution in [0.1, 0.15) is 32.6 Å². The molecule has 4 heteroatoms. The van der Waals surface area contributed by atoms with Gasteiger partial charge in [-0.05, 0) is 52.2 Å². The molecule has 0 unspecified atom stereocenters. The molecule has 15 heavy (non-hydrogen) atoms. The lowest BCUT2D eigenvalue weighted by Crippen LogP contribution is -2.26. The van der Waals surface area contributed by atoms with E-state index in [0.29, 0.717) is 6.61 Å². The van der Waals surface area contributed by atoms with Crippen molar-refractivity contribution in [2.75, 3.05) is 32.8 Å². The summed E-state index contributed by atoms with van der Waals surface area (Å²) in [6.45, 7) is 6.67. The van der Waals surface area contributed by atoms with Gasteiger partial charge in [-0.2, -0.15) is 0 Å². The number of nitrogens with zero attached hydrogens (tertiary/aromatic N) is 1. The molecule has 1 saturated heterocycles. The first-order chi connectivity index (χ1) is 7.33. The fourth-order valence-electron chi connectivity index (χ4n) is 1.84. The van der Waals surface area contributed by atoms with Gasteiger partial charge in [0.25, 0.3) is 0 Å². The maximum Gasteiger partial charge on any atom is 0.407 e. The lowest BCUT2D eigenvalue weighted by atomic mass is 10.3. The summed E-state index contributed by atoms with van der Waals surface area (Å²) in [5.74, 6) is 0. The van der Waals surface area contributed by atoms with Crippen molar-refractivity contribution in [3.05, 3.63) is 0 Å². The number of alkyl carbamates (subject to hydrolysis) is 1. The molecular formula is C11H22N2O2. The zero-order chi connectivity index (χ0) is 10.9. The first-order valence-corrected chi connectivity index (χ1v) is 5.96. The van der Waals surface area contributed by atoms with Crippen LogP contribution in [0.25, 0.3) is 0 Å². The number of carbonyl (C=O) groups is 1. The molecule has 0 radical (unpaired) electrons. The zero-order valence-electron chi connectivity index (χ0n) is 9.63. The Kier molecular flexibility index (Phi) is 6.16. The zero-order valence-corrected chi connectivity index (χ0v) is 9.63. The second kappa shape index (κ2) is 7.51. The molecule has 4 nitrogen and oxygen atoms in total. The Morgan fingerprint density at radius 1 is 1.33 bits per heavy atom. The highest BCUT2D eigenvalue weighted by molar-refractivity contribution is 5.66.